The molecule has 112 valence electrons. The summed E-state index contributed by atoms with van der Waals surface area (Å²) in [6.45, 7) is -1.87. The van der Waals surface area contributed by atoms with E-state index >= 15 is 0 Å². The van der Waals surface area contributed by atoms with Crippen LogP contribution in [-0.2, 0) is 14.6 Å². The minimum absolute atomic E-state index is 0.0359. The molecule has 0 aromatic heterocycles. The largest absolute Gasteiger partial charge is 0.401 e. The first-order valence-electron chi connectivity index (χ1n) is 5.46. The quantitative estimate of drug-likeness (QED) is 0.856. The van der Waals surface area contributed by atoms with Crippen molar-refractivity contribution in [1.29, 1.82) is 0 Å². The Morgan fingerprint density at radius 3 is 2.40 bits per heavy atom. The van der Waals surface area contributed by atoms with Crippen molar-refractivity contribution in [2.45, 2.75) is 11.1 Å². The molecule has 0 spiro atoms. The minimum Gasteiger partial charge on any atom is -0.324 e. The van der Waals surface area contributed by atoms with Gasteiger partial charge in [-0.1, -0.05) is 12.1 Å². The number of alkyl halides is 3. The van der Waals surface area contributed by atoms with Crippen molar-refractivity contribution in [3.05, 3.63) is 24.3 Å². The summed E-state index contributed by atoms with van der Waals surface area (Å²) in [4.78, 5) is 11.3. The topological polar surface area (TPSA) is 75.3 Å². The molecule has 0 aliphatic carbocycles. The molecule has 1 rings (SSSR count). The first-order valence-corrected chi connectivity index (χ1v) is 7.35. The number of anilines is 1. The molecule has 1 aromatic carbocycles. The Labute approximate surface area is 114 Å². The molecular weight excluding hydrogens is 297 g/mol. The van der Waals surface area contributed by atoms with E-state index in [9.17, 15) is 26.4 Å². The third-order valence-electron chi connectivity index (χ3n) is 2.17. The highest BCUT2D eigenvalue weighted by Gasteiger charge is 2.26. The number of sulfone groups is 1. The van der Waals surface area contributed by atoms with Crippen LogP contribution in [0.1, 0.15) is 0 Å². The molecule has 0 aliphatic heterocycles. The third kappa shape index (κ3) is 5.57. The van der Waals surface area contributed by atoms with Crippen LogP contribution >= 0.6 is 0 Å². The number of para-hydroxylation sites is 1. The van der Waals surface area contributed by atoms with Crippen LogP contribution in [0.4, 0.5) is 18.9 Å². The van der Waals surface area contributed by atoms with Gasteiger partial charge in [0.05, 0.1) is 23.7 Å². The van der Waals surface area contributed by atoms with Gasteiger partial charge in [0.15, 0.2) is 9.84 Å². The Kier molecular flexibility index (Phi) is 5.12. The molecule has 0 bridgehead atoms. The van der Waals surface area contributed by atoms with Crippen molar-refractivity contribution in [1.82, 2.24) is 5.32 Å². The zero-order valence-electron chi connectivity index (χ0n) is 10.5. The van der Waals surface area contributed by atoms with Crippen molar-refractivity contribution in [3.63, 3.8) is 0 Å². The number of amides is 1. The van der Waals surface area contributed by atoms with Gasteiger partial charge in [-0.3, -0.25) is 4.79 Å². The van der Waals surface area contributed by atoms with Gasteiger partial charge < -0.3 is 10.6 Å². The van der Waals surface area contributed by atoms with Crippen LogP contribution in [-0.4, -0.2) is 39.8 Å². The van der Waals surface area contributed by atoms with E-state index in [4.69, 9.17) is 0 Å². The molecule has 1 amide bonds. The number of carbonyl (C=O) groups excluding carboxylic acids is 1. The molecule has 1 aromatic rings. The van der Waals surface area contributed by atoms with E-state index in [0.717, 1.165) is 6.26 Å². The maximum Gasteiger partial charge on any atom is 0.401 e. The van der Waals surface area contributed by atoms with Crippen molar-refractivity contribution in [2.24, 2.45) is 0 Å². The van der Waals surface area contributed by atoms with Crippen LogP contribution in [0.5, 0.6) is 0 Å². The van der Waals surface area contributed by atoms with Gasteiger partial charge in [0.1, 0.15) is 0 Å². The number of nitrogens with one attached hydrogen (secondary N) is 2. The van der Waals surface area contributed by atoms with Crippen molar-refractivity contribution < 1.29 is 26.4 Å². The molecule has 0 atom stereocenters. The highest BCUT2D eigenvalue weighted by Crippen LogP contribution is 2.20. The van der Waals surface area contributed by atoms with Crippen LogP contribution in [0.15, 0.2) is 29.2 Å². The Morgan fingerprint density at radius 1 is 1.25 bits per heavy atom. The summed E-state index contributed by atoms with van der Waals surface area (Å²) in [7, 11) is -3.54. The van der Waals surface area contributed by atoms with E-state index in [1.807, 2.05) is 5.32 Å². The third-order valence-corrected chi connectivity index (χ3v) is 3.33. The zero-order valence-corrected chi connectivity index (χ0v) is 11.3. The number of carbonyl (C=O) groups is 1. The number of rotatable bonds is 5. The van der Waals surface area contributed by atoms with E-state index in [1.54, 1.807) is 0 Å². The second-order valence-corrected chi connectivity index (χ2v) is 6.02. The fraction of sp³-hybridized carbons (Fsp3) is 0.364. The van der Waals surface area contributed by atoms with E-state index in [-0.39, 0.29) is 10.6 Å². The van der Waals surface area contributed by atoms with Crippen molar-refractivity contribution in [3.8, 4) is 0 Å². The van der Waals surface area contributed by atoms with Crippen LogP contribution < -0.4 is 10.6 Å². The predicted molar refractivity (Wildman–Crippen MR) is 67.1 cm³/mol. The van der Waals surface area contributed by atoms with Crippen LogP contribution in [0.3, 0.4) is 0 Å². The van der Waals surface area contributed by atoms with E-state index in [1.165, 1.54) is 24.3 Å². The summed E-state index contributed by atoms with van der Waals surface area (Å²) in [5, 5.41) is 4.17. The van der Waals surface area contributed by atoms with Gasteiger partial charge in [0.2, 0.25) is 5.91 Å². The van der Waals surface area contributed by atoms with Crippen LogP contribution in [0.25, 0.3) is 0 Å². The number of hydrogen-bond acceptors (Lipinski definition) is 4. The maximum atomic E-state index is 11.9. The summed E-state index contributed by atoms with van der Waals surface area (Å²) in [6, 6.07) is 5.65. The zero-order chi connectivity index (χ0) is 15.4. The van der Waals surface area contributed by atoms with Crippen LogP contribution in [0, 0.1) is 0 Å². The lowest BCUT2D eigenvalue weighted by Gasteiger charge is -2.11. The van der Waals surface area contributed by atoms with Crippen LogP contribution in [0.2, 0.25) is 0 Å². The average Bonchev–Trinajstić information content (AvgIpc) is 2.26. The molecule has 0 fully saturated rings. The molecule has 0 radical (unpaired) electrons. The number of hydrogen-bond donors (Lipinski definition) is 2. The molecule has 9 heteroatoms. The van der Waals surface area contributed by atoms with Gasteiger partial charge >= 0.3 is 6.18 Å². The van der Waals surface area contributed by atoms with E-state index in [0.29, 0.717) is 0 Å². The number of benzene rings is 1. The smallest absolute Gasteiger partial charge is 0.324 e. The summed E-state index contributed by atoms with van der Waals surface area (Å²) in [6.07, 6.45) is -3.44. The highest BCUT2D eigenvalue weighted by atomic mass is 32.2. The lowest BCUT2D eigenvalue weighted by atomic mass is 10.3. The monoisotopic (exact) mass is 310 g/mol. The minimum atomic E-state index is -4.41. The summed E-state index contributed by atoms with van der Waals surface area (Å²) < 4.78 is 58.6. The van der Waals surface area contributed by atoms with Gasteiger partial charge in [-0.25, -0.2) is 8.42 Å². The second-order valence-electron chi connectivity index (χ2n) is 4.04. The molecule has 20 heavy (non-hydrogen) atoms. The molecule has 0 saturated carbocycles. The van der Waals surface area contributed by atoms with Gasteiger partial charge in [-0.2, -0.15) is 13.2 Å². The molecular formula is C11H13F3N2O3S. The Bertz CT molecular complexity index is 585. The standard InChI is InChI=1S/C11H13F3N2O3S/c1-20(18,19)9-5-3-2-4-8(9)16-10(17)6-15-7-11(12,13)14/h2-5,15H,6-7H2,1H3,(H,16,17). The van der Waals surface area contributed by atoms with Crippen molar-refractivity contribution >= 4 is 21.4 Å². The fourth-order valence-electron chi connectivity index (χ4n) is 1.41. The Morgan fingerprint density at radius 2 is 1.85 bits per heavy atom. The Hall–Kier alpha value is -1.61. The lowest BCUT2D eigenvalue weighted by molar-refractivity contribution is -0.126. The van der Waals surface area contributed by atoms with E-state index in [2.05, 4.69) is 5.32 Å². The summed E-state index contributed by atoms with van der Waals surface area (Å²) in [5.41, 5.74) is 0.0359. The fourth-order valence-corrected chi connectivity index (χ4v) is 2.25. The second kappa shape index (κ2) is 6.23. The SMILES string of the molecule is CS(=O)(=O)c1ccccc1NC(=O)CNCC(F)(F)F. The first kappa shape index (κ1) is 16.4. The summed E-state index contributed by atoms with van der Waals surface area (Å²) in [5.74, 6) is -0.759. The van der Waals surface area contributed by atoms with Gasteiger partial charge in [-0.15, -0.1) is 0 Å². The van der Waals surface area contributed by atoms with Gasteiger partial charge in [0.25, 0.3) is 0 Å². The van der Waals surface area contributed by atoms with Gasteiger partial charge in [0, 0.05) is 6.26 Å². The molecule has 0 unspecified atom stereocenters. The normalized spacial score (nSPS) is 12.2. The van der Waals surface area contributed by atoms with E-state index < -0.39 is 35.0 Å². The molecule has 0 heterocycles. The van der Waals surface area contributed by atoms with Crippen molar-refractivity contribution in [2.75, 3.05) is 24.7 Å². The molecule has 0 saturated heterocycles. The number of halogens is 3. The molecule has 5 nitrogen and oxygen atoms in total. The average molecular weight is 310 g/mol. The molecule has 2 N–H and O–H groups in total. The first-order chi connectivity index (χ1) is 9.09. The maximum absolute atomic E-state index is 11.9. The predicted octanol–water partition coefficient (Wildman–Crippen LogP) is 1.18. The lowest BCUT2D eigenvalue weighted by Crippen LogP contribution is -2.35. The Balaban J connectivity index is 2.68. The van der Waals surface area contributed by atoms with Gasteiger partial charge in [-0.05, 0) is 12.1 Å². The molecule has 0 aliphatic rings. The highest BCUT2D eigenvalue weighted by molar-refractivity contribution is 7.90. The summed E-state index contributed by atoms with van der Waals surface area (Å²) >= 11 is 0.